The Hall–Kier alpha value is -0.810. The van der Waals surface area contributed by atoms with Crippen LogP contribution in [0.25, 0.3) is 0 Å². The third-order valence-electron chi connectivity index (χ3n) is 4.00. The van der Waals surface area contributed by atoms with Crippen molar-refractivity contribution in [2.24, 2.45) is 22.8 Å². The maximum absolute atomic E-state index is 12.1. The van der Waals surface area contributed by atoms with Crippen molar-refractivity contribution in [1.29, 1.82) is 0 Å². The van der Waals surface area contributed by atoms with Crippen molar-refractivity contribution in [2.75, 3.05) is 13.1 Å². The van der Waals surface area contributed by atoms with E-state index in [4.69, 9.17) is 11.5 Å². The highest BCUT2D eigenvalue weighted by molar-refractivity contribution is 5.87. The molecule has 5 nitrogen and oxygen atoms in total. The summed E-state index contributed by atoms with van der Waals surface area (Å²) in [5, 5.41) is 0. The van der Waals surface area contributed by atoms with Crippen molar-refractivity contribution in [3.63, 3.8) is 0 Å². The van der Waals surface area contributed by atoms with Crippen LogP contribution in [0.15, 0.2) is 0 Å². The monoisotopic (exact) mass is 305 g/mol. The minimum Gasteiger partial charge on any atom is -0.370 e. The summed E-state index contributed by atoms with van der Waals surface area (Å²) in [6.45, 7) is 8.20. The average molecular weight is 306 g/mol. The van der Waals surface area contributed by atoms with E-state index in [1.54, 1.807) is 4.90 Å². The standard InChI is InChI=1S/C14H27N3O2.ClH/c1-14(2,3)10-5-4-7-17(8-6-10)13(19)11(15)9-12(16)18;/h10-11H,4-9,15H2,1-3H3,(H2,16,18);1H. The molecule has 0 aromatic carbocycles. The van der Waals surface area contributed by atoms with E-state index in [0.717, 1.165) is 32.4 Å². The van der Waals surface area contributed by atoms with Gasteiger partial charge in [-0.3, -0.25) is 9.59 Å². The summed E-state index contributed by atoms with van der Waals surface area (Å²) in [5.41, 5.74) is 11.1. The Morgan fingerprint density at radius 2 is 1.85 bits per heavy atom. The van der Waals surface area contributed by atoms with Crippen LogP contribution in [0.3, 0.4) is 0 Å². The van der Waals surface area contributed by atoms with Crippen LogP contribution in [0.2, 0.25) is 0 Å². The Bertz CT molecular complexity index is 342. The van der Waals surface area contributed by atoms with E-state index in [2.05, 4.69) is 20.8 Å². The number of hydrogen-bond acceptors (Lipinski definition) is 3. The first kappa shape index (κ1) is 19.2. The van der Waals surface area contributed by atoms with Crippen molar-refractivity contribution >= 4 is 24.2 Å². The summed E-state index contributed by atoms with van der Waals surface area (Å²) in [6, 6.07) is -0.788. The number of hydrogen-bond donors (Lipinski definition) is 2. The third kappa shape index (κ3) is 5.67. The highest BCUT2D eigenvalue weighted by atomic mass is 35.5. The number of carbonyl (C=O) groups excluding carboxylic acids is 2. The molecule has 2 amide bonds. The van der Waals surface area contributed by atoms with Crippen LogP contribution in [0.1, 0.15) is 46.5 Å². The molecule has 1 rings (SSSR count). The van der Waals surface area contributed by atoms with E-state index in [-0.39, 0.29) is 30.2 Å². The van der Waals surface area contributed by atoms with Crippen LogP contribution in [-0.2, 0) is 9.59 Å². The van der Waals surface area contributed by atoms with Gasteiger partial charge in [0, 0.05) is 13.1 Å². The second-order valence-electron chi connectivity index (χ2n) is 6.60. The quantitative estimate of drug-likeness (QED) is 0.823. The lowest BCUT2D eigenvalue weighted by molar-refractivity contribution is -0.134. The minimum absolute atomic E-state index is 0. The molecule has 0 aromatic heterocycles. The number of primary amides is 1. The molecule has 1 saturated heterocycles. The van der Waals surface area contributed by atoms with Crippen molar-refractivity contribution in [1.82, 2.24) is 4.90 Å². The van der Waals surface area contributed by atoms with E-state index < -0.39 is 11.9 Å². The van der Waals surface area contributed by atoms with Gasteiger partial charge in [0.15, 0.2) is 0 Å². The number of likely N-dealkylation sites (tertiary alicyclic amines) is 1. The number of carbonyl (C=O) groups is 2. The predicted octanol–water partition coefficient (Wildman–Crippen LogP) is 1.29. The number of amides is 2. The smallest absolute Gasteiger partial charge is 0.240 e. The summed E-state index contributed by atoms with van der Waals surface area (Å²) in [4.78, 5) is 24.7. The first-order valence-electron chi connectivity index (χ1n) is 7.04. The van der Waals surface area contributed by atoms with Gasteiger partial charge in [-0.15, -0.1) is 12.4 Å². The Labute approximate surface area is 127 Å². The summed E-state index contributed by atoms with van der Waals surface area (Å²) < 4.78 is 0. The van der Waals surface area contributed by atoms with Crippen molar-refractivity contribution < 1.29 is 9.59 Å². The molecule has 0 saturated carbocycles. The summed E-state index contributed by atoms with van der Waals surface area (Å²) in [7, 11) is 0. The summed E-state index contributed by atoms with van der Waals surface area (Å²) in [5.74, 6) is -0.0470. The highest BCUT2D eigenvalue weighted by Crippen LogP contribution is 2.34. The molecule has 1 heterocycles. The summed E-state index contributed by atoms with van der Waals surface area (Å²) >= 11 is 0. The second kappa shape index (κ2) is 7.84. The largest absolute Gasteiger partial charge is 0.370 e. The summed E-state index contributed by atoms with van der Waals surface area (Å²) in [6.07, 6.45) is 3.06. The van der Waals surface area contributed by atoms with Gasteiger partial charge in [-0.2, -0.15) is 0 Å². The lowest BCUT2D eigenvalue weighted by atomic mass is 9.77. The first-order chi connectivity index (χ1) is 8.71. The van der Waals surface area contributed by atoms with Gasteiger partial charge in [-0.05, 0) is 30.6 Å². The molecule has 4 N–H and O–H groups in total. The number of nitrogens with zero attached hydrogens (tertiary/aromatic N) is 1. The van der Waals surface area contributed by atoms with Crippen LogP contribution in [0, 0.1) is 11.3 Å². The number of rotatable bonds is 3. The van der Waals surface area contributed by atoms with Gasteiger partial charge in [0.25, 0.3) is 0 Å². The zero-order valence-corrected chi connectivity index (χ0v) is 13.5. The molecule has 1 aliphatic heterocycles. The van der Waals surface area contributed by atoms with Crippen molar-refractivity contribution in [3.8, 4) is 0 Å². The van der Waals surface area contributed by atoms with Crippen molar-refractivity contribution in [2.45, 2.75) is 52.5 Å². The van der Waals surface area contributed by atoms with Crippen LogP contribution in [-0.4, -0.2) is 35.8 Å². The fourth-order valence-electron chi connectivity index (χ4n) is 2.72. The number of halogens is 1. The zero-order valence-electron chi connectivity index (χ0n) is 12.7. The molecule has 1 aliphatic rings. The van der Waals surface area contributed by atoms with Gasteiger partial charge in [-0.1, -0.05) is 20.8 Å². The van der Waals surface area contributed by atoms with Crippen LogP contribution >= 0.6 is 12.4 Å². The lowest BCUT2D eigenvalue weighted by Crippen LogP contribution is -2.46. The van der Waals surface area contributed by atoms with Gasteiger partial charge >= 0.3 is 0 Å². The number of nitrogens with two attached hydrogens (primary N) is 2. The normalized spacial score (nSPS) is 21.6. The van der Waals surface area contributed by atoms with E-state index in [9.17, 15) is 9.59 Å². The molecule has 2 atom stereocenters. The molecule has 118 valence electrons. The second-order valence-corrected chi connectivity index (χ2v) is 6.60. The van der Waals surface area contributed by atoms with Gasteiger partial charge in [0.1, 0.15) is 0 Å². The predicted molar refractivity (Wildman–Crippen MR) is 82.4 cm³/mol. The Morgan fingerprint density at radius 3 is 2.35 bits per heavy atom. The van der Waals surface area contributed by atoms with E-state index in [1.807, 2.05) is 0 Å². The van der Waals surface area contributed by atoms with Gasteiger partial charge < -0.3 is 16.4 Å². The molecular weight excluding hydrogens is 278 g/mol. The lowest BCUT2D eigenvalue weighted by Gasteiger charge is -2.30. The molecule has 0 spiro atoms. The molecule has 0 bridgehead atoms. The molecule has 1 fully saturated rings. The van der Waals surface area contributed by atoms with Crippen LogP contribution in [0.4, 0.5) is 0 Å². The van der Waals surface area contributed by atoms with Gasteiger partial charge in [0.05, 0.1) is 12.5 Å². The Balaban J connectivity index is 0.00000361. The first-order valence-corrected chi connectivity index (χ1v) is 7.04. The average Bonchev–Trinajstić information content (AvgIpc) is 2.51. The molecule has 0 aliphatic carbocycles. The van der Waals surface area contributed by atoms with E-state index in [1.165, 1.54) is 0 Å². The molecule has 0 aromatic rings. The molecule has 20 heavy (non-hydrogen) atoms. The Kier molecular flexibility index (Phi) is 7.52. The Morgan fingerprint density at radius 1 is 1.25 bits per heavy atom. The van der Waals surface area contributed by atoms with Crippen molar-refractivity contribution in [3.05, 3.63) is 0 Å². The van der Waals surface area contributed by atoms with Gasteiger partial charge in [0.2, 0.25) is 11.8 Å². The maximum Gasteiger partial charge on any atom is 0.240 e. The molecule has 6 heteroatoms. The fraction of sp³-hybridized carbons (Fsp3) is 0.857. The van der Waals surface area contributed by atoms with E-state index in [0.29, 0.717) is 5.92 Å². The van der Waals surface area contributed by atoms with E-state index >= 15 is 0 Å². The maximum atomic E-state index is 12.1. The fourth-order valence-corrected chi connectivity index (χ4v) is 2.72. The molecular formula is C14H28ClN3O2. The van der Waals surface area contributed by atoms with Crippen LogP contribution < -0.4 is 11.5 Å². The topological polar surface area (TPSA) is 89.4 Å². The van der Waals surface area contributed by atoms with Crippen LogP contribution in [0.5, 0.6) is 0 Å². The van der Waals surface area contributed by atoms with Gasteiger partial charge in [-0.25, -0.2) is 0 Å². The zero-order chi connectivity index (χ0) is 14.6. The molecule has 2 unspecified atom stereocenters. The highest BCUT2D eigenvalue weighted by Gasteiger charge is 2.30. The SMILES string of the molecule is CC(C)(C)C1CCCN(C(=O)C(N)CC(N)=O)CC1.Cl. The third-order valence-corrected chi connectivity index (χ3v) is 4.00. The minimum atomic E-state index is -0.788. The molecule has 0 radical (unpaired) electrons.